The summed E-state index contributed by atoms with van der Waals surface area (Å²) in [6, 6.07) is 27.3. The van der Waals surface area contributed by atoms with Gasteiger partial charge in [-0.3, -0.25) is 20.2 Å². The lowest BCUT2D eigenvalue weighted by Crippen LogP contribution is -1.93. The Morgan fingerprint density at radius 2 is 1.18 bits per heavy atom. The predicted molar refractivity (Wildman–Crippen MR) is 141 cm³/mol. The van der Waals surface area contributed by atoms with E-state index in [1.54, 1.807) is 30.3 Å². The van der Waals surface area contributed by atoms with Gasteiger partial charge in [-0.25, -0.2) is 0 Å². The Bertz CT molecular complexity index is 1320. The zero-order valence-corrected chi connectivity index (χ0v) is 20.9. The number of para-hydroxylation sites is 2. The first-order valence-corrected chi connectivity index (χ1v) is 11.6. The van der Waals surface area contributed by atoms with Gasteiger partial charge in [-0.1, -0.05) is 60.7 Å². The number of benzene rings is 4. The molecule has 7 nitrogen and oxygen atoms in total. The van der Waals surface area contributed by atoms with E-state index in [0.29, 0.717) is 10.9 Å². The highest BCUT2D eigenvalue weighted by Crippen LogP contribution is 2.40. The molecule has 0 fully saturated rings. The van der Waals surface area contributed by atoms with E-state index in [9.17, 15) is 20.2 Å². The lowest BCUT2D eigenvalue weighted by molar-refractivity contribution is -0.385. The highest BCUT2D eigenvalue weighted by Gasteiger charge is 2.25. The molecular formula is C25H19Br2N3O4. The average molecular weight is 585 g/mol. The van der Waals surface area contributed by atoms with Crippen LogP contribution < -0.4 is 5.73 Å². The van der Waals surface area contributed by atoms with Crippen LogP contribution in [0.3, 0.4) is 0 Å². The lowest BCUT2D eigenvalue weighted by Gasteiger charge is -2.00. The van der Waals surface area contributed by atoms with Crippen LogP contribution >= 0.6 is 31.9 Å². The summed E-state index contributed by atoms with van der Waals surface area (Å²) in [6.07, 6.45) is 0.669. The first kappa shape index (κ1) is 25.1. The number of hydrogen-bond donors (Lipinski definition) is 1. The molecule has 0 radical (unpaired) electrons. The van der Waals surface area contributed by atoms with Gasteiger partial charge in [-0.2, -0.15) is 0 Å². The smallest absolute Gasteiger partial charge is 0.283 e. The molecule has 9 heteroatoms. The minimum Gasteiger partial charge on any atom is -0.398 e. The number of halogens is 2. The molecule has 0 atom stereocenters. The van der Waals surface area contributed by atoms with Crippen molar-refractivity contribution in [2.75, 3.05) is 5.73 Å². The first-order chi connectivity index (χ1) is 16.3. The van der Waals surface area contributed by atoms with Crippen molar-refractivity contribution in [3.8, 4) is 11.1 Å². The maximum absolute atomic E-state index is 10.9. The van der Waals surface area contributed by atoms with Crippen LogP contribution in [0.25, 0.3) is 11.1 Å². The predicted octanol–water partition coefficient (Wildman–Crippen LogP) is 7.55. The quantitative estimate of drug-likeness (QED) is 0.131. The second kappa shape index (κ2) is 11.5. The third-order valence-electron chi connectivity index (χ3n) is 4.98. The SMILES string of the molecule is Nc1ccccc1Br.O=[N+]([O-])c1cccc2c1Cc1ccccc1-2.O=[N+]([O-])c1ccccc1Br. The zero-order valence-electron chi connectivity index (χ0n) is 17.7. The maximum Gasteiger partial charge on any atom is 0.283 e. The normalized spacial score (nSPS) is 10.5. The fraction of sp³-hybridized carbons (Fsp3) is 0.0400. The first-order valence-electron chi connectivity index (χ1n) is 10.0. The molecule has 1 aliphatic carbocycles. The van der Waals surface area contributed by atoms with E-state index in [0.717, 1.165) is 26.9 Å². The number of nitro groups is 2. The van der Waals surface area contributed by atoms with Crippen molar-refractivity contribution in [3.05, 3.63) is 131 Å². The van der Waals surface area contributed by atoms with Crippen LogP contribution in [-0.4, -0.2) is 9.85 Å². The van der Waals surface area contributed by atoms with Crippen molar-refractivity contribution >= 4 is 48.9 Å². The van der Waals surface area contributed by atoms with Gasteiger partial charge in [0.2, 0.25) is 0 Å². The molecule has 0 aromatic heterocycles. The summed E-state index contributed by atoms with van der Waals surface area (Å²) >= 11 is 6.33. The van der Waals surface area contributed by atoms with E-state index >= 15 is 0 Å². The Hall–Kier alpha value is -3.56. The minimum atomic E-state index is -0.427. The number of anilines is 1. The molecule has 0 unspecified atom stereocenters. The van der Waals surface area contributed by atoms with Gasteiger partial charge in [0.25, 0.3) is 11.4 Å². The molecule has 0 saturated carbocycles. The zero-order chi connectivity index (χ0) is 24.7. The van der Waals surface area contributed by atoms with Gasteiger partial charge >= 0.3 is 0 Å². The van der Waals surface area contributed by atoms with Crippen molar-refractivity contribution in [3.63, 3.8) is 0 Å². The van der Waals surface area contributed by atoms with Gasteiger partial charge in [0.05, 0.1) is 14.3 Å². The molecule has 0 aliphatic heterocycles. The van der Waals surface area contributed by atoms with Gasteiger partial charge in [-0.15, -0.1) is 0 Å². The molecule has 172 valence electrons. The largest absolute Gasteiger partial charge is 0.398 e. The van der Waals surface area contributed by atoms with Crippen LogP contribution in [0.1, 0.15) is 11.1 Å². The van der Waals surface area contributed by atoms with E-state index in [4.69, 9.17) is 5.73 Å². The Labute approximate surface area is 212 Å². The molecule has 4 aromatic carbocycles. The summed E-state index contributed by atoms with van der Waals surface area (Å²) in [6.45, 7) is 0. The Balaban J connectivity index is 0.000000155. The average Bonchev–Trinajstić information content (AvgIpc) is 3.21. The third-order valence-corrected chi connectivity index (χ3v) is 6.37. The summed E-state index contributed by atoms with van der Waals surface area (Å²) < 4.78 is 1.47. The summed E-state index contributed by atoms with van der Waals surface area (Å²) in [5.74, 6) is 0. The van der Waals surface area contributed by atoms with E-state index in [2.05, 4.69) is 31.9 Å². The minimum absolute atomic E-state index is 0.0995. The molecule has 2 N–H and O–H groups in total. The number of fused-ring (bicyclic) bond motifs is 3. The van der Waals surface area contributed by atoms with Crippen molar-refractivity contribution in [1.82, 2.24) is 0 Å². The Morgan fingerprint density at radius 1 is 0.647 bits per heavy atom. The van der Waals surface area contributed by atoms with E-state index in [1.165, 1.54) is 11.6 Å². The van der Waals surface area contributed by atoms with Crippen LogP contribution in [0.4, 0.5) is 17.1 Å². The highest BCUT2D eigenvalue weighted by molar-refractivity contribution is 9.11. The molecule has 4 aromatic rings. The number of nitrogens with zero attached hydrogens (tertiary/aromatic N) is 2. The molecule has 0 heterocycles. The molecule has 0 saturated heterocycles. The standard InChI is InChI=1S/C13H9NO2.C6H4BrNO2.C6H6BrN/c15-14(16)13-7-3-6-11-10-5-2-1-4-9(10)8-12(11)13;7-5-3-1-2-4-6(5)8(9)10;7-5-3-1-2-4-6(5)8/h1-7H,8H2;1-4H;1-4H,8H2. The fourth-order valence-electron chi connectivity index (χ4n) is 3.39. The number of nitrogen functional groups attached to an aromatic ring is 1. The van der Waals surface area contributed by atoms with Gasteiger partial charge in [0.15, 0.2) is 0 Å². The summed E-state index contributed by atoms with van der Waals surface area (Å²) in [4.78, 5) is 20.4. The van der Waals surface area contributed by atoms with Crippen molar-refractivity contribution < 1.29 is 9.85 Å². The van der Waals surface area contributed by atoms with E-state index in [-0.39, 0.29) is 16.3 Å². The van der Waals surface area contributed by atoms with Gasteiger partial charge in [0, 0.05) is 34.3 Å². The summed E-state index contributed by atoms with van der Waals surface area (Å²) in [5, 5.41) is 21.1. The Kier molecular flexibility index (Phi) is 8.50. The van der Waals surface area contributed by atoms with Crippen LogP contribution in [0, 0.1) is 20.2 Å². The number of nitro benzene ring substituents is 2. The van der Waals surface area contributed by atoms with Gasteiger partial charge in [-0.05, 0) is 66.7 Å². The van der Waals surface area contributed by atoms with Gasteiger partial charge in [0.1, 0.15) is 0 Å². The second-order valence-corrected chi connectivity index (χ2v) is 8.83. The number of hydrogen-bond acceptors (Lipinski definition) is 5. The summed E-state index contributed by atoms with van der Waals surface area (Å²) in [5.41, 5.74) is 10.7. The highest BCUT2D eigenvalue weighted by atomic mass is 79.9. The van der Waals surface area contributed by atoms with Crippen LogP contribution in [0.5, 0.6) is 0 Å². The van der Waals surface area contributed by atoms with Crippen molar-refractivity contribution in [2.45, 2.75) is 6.42 Å². The second-order valence-electron chi connectivity index (χ2n) is 7.12. The molecule has 0 spiro atoms. The van der Waals surface area contributed by atoms with E-state index in [1.807, 2.05) is 54.6 Å². The topological polar surface area (TPSA) is 112 Å². The number of nitrogens with two attached hydrogens (primary N) is 1. The van der Waals surface area contributed by atoms with Crippen molar-refractivity contribution in [1.29, 1.82) is 0 Å². The van der Waals surface area contributed by atoms with Crippen LogP contribution in [-0.2, 0) is 6.42 Å². The van der Waals surface area contributed by atoms with Crippen LogP contribution in [0.15, 0.2) is 99.9 Å². The Morgan fingerprint density at radius 3 is 1.74 bits per heavy atom. The number of rotatable bonds is 2. The van der Waals surface area contributed by atoms with Crippen molar-refractivity contribution in [2.24, 2.45) is 0 Å². The molecule has 34 heavy (non-hydrogen) atoms. The molecule has 1 aliphatic rings. The fourth-order valence-corrected chi connectivity index (χ4v) is 4.10. The molecule has 5 rings (SSSR count). The third kappa shape index (κ3) is 6.06. The maximum atomic E-state index is 10.9. The molecular weight excluding hydrogens is 566 g/mol. The molecule has 0 bridgehead atoms. The van der Waals surface area contributed by atoms with Crippen LogP contribution in [0.2, 0.25) is 0 Å². The summed E-state index contributed by atoms with van der Waals surface area (Å²) in [7, 11) is 0. The monoisotopic (exact) mass is 583 g/mol. The van der Waals surface area contributed by atoms with Gasteiger partial charge < -0.3 is 5.73 Å². The molecule has 0 amide bonds. The van der Waals surface area contributed by atoms with E-state index < -0.39 is 4.92 Å². The lowest BCUT2D eigenvalue weighted by atomic mass is 10.1.